The maximum absolute atomic E-state index is 12.5. The molecule has 2 N–H and O–H groups in total. The zero-order valence-corrected chi connectivity index (χ0v) is 12.5. The molecule has 1 aliphatic rings. The first kappa shape index (κ1) is 14.5. The SMILES string of the molecule is CC(C)n1cnc(S(=O)(=O)N2CCC(C)(CN)C2)c1. The van der Waals surface area contributed by atoms with Crippen LogP contribution in [-0.4, -0.2) is 41.9 Å². The van der Waals surface area contributed by atoms with Crippen LogP contribution < -0.4 is 5.73 Å². The van der Waals surface area contributed by atoms with Crippen LogP contribution in [-0.2, 0) is 10.0 Å². The van der Waals surface area contributed by atoms with Crippen molar-refractivity contribution < 1.29 is 8.42 Å². The summed E-state index contributed by atoms with van der Waals surface area (Å²) in [7, 11) is -3.49. The van der Waals surface area contributed by atoms with Crippen LogP contribution in [0.5, 0.6) is 0 Å². The lowest BCUT2D eigenvalue weighted by Gasteiger charge is -2.21. The van der Waals surface area contributed by atoms with Crippen LogP contribution in [0.1, 0.15) is 33.2 Å². The predicted molar refractivity (Wildman–Crippen MR) is 73.1 cm³/mol. The zero-order valence-electron chi connectivity index (χ0n) is 11.7. The number of hydrogen-bond donors (Lipinski definition) is 1. The van der Waals surface area contributed by atoms with Crippen LogP contribution in [0.4, 0.5) is 0 Å². The van der Waals surface area contributed by atoms with Gasteiger partial charge in [0.15, 0.2) is 5.03 Å². The normalized spacial score (nSPS) is 25.3. The molecule has 0 amide bonds. The predicted octanol–water partition coefficient (Wildman–Crippen LogP) is 0.823. The Bertz CT molecular complexity index is 552. The van der Waals surface area contributed by atoms with Crippen LogP contribution in [0.15, 0.2) is 17.6 Å². The number of nitrogens with two attached hydrogens (primary N) is 1. The second-order valence-electron chi connectivity index (χ2n) is 5.86. The molecule has 108 valence electrons. The summed E-state index contributed by atoms with van der Waals surface area (Å²) in [5.41, 5.74) is 5.60. The van der Waals surface area contributed by atoms with Crippen molar-refractivity contribution in [1.82, 2.24) is 13.9 Å². The van der Waals surface area contributed by atoms with Crippen LogP contribution in [0, 0.1) is 5.41 Å². The third-order valence-electron chi connectivity index (χ3n) is 3.79. The third kappa shape index (κ3) is 2.68. The van der Waals surface area contributed by atoms with E-state index in [-0.39, 0.29) is 16.5 Å². The largest absolute Gasteiger partial charge is 0.334 e. The van der Waals surface area contributed by atoms with Crippen molar-refractivity contribution in [2.75, 3.05) is 19.6 Å². The van der Waals surface area contributed by atoms with Crippen molar-refractivity contribution in [2.24, 2.45) is 11.1 Å². The lowest BCUT2D eigenvalue weighted by molar-refractivity contribution is 0.349. The highest BCUT2D eigenvalue weighted by molar-refractivity contribution is 7.89. The molecule has 0 radical (unpaired) electrons. The Morgan fingerprint density at radius 3 is 2.68 bits per heavy atom. The van der Waals surface area contributed by atoms with Crippen LogP contribution >= 0.6 is 0 Å². The van der Waals surface area contributed by atoms with Gasteiger partial charge >= 0.3 is 0 Å². The Morgan fingerprint density at radius 1 is 1.53 bits per heavy atom. The van der Waals surface area contributed by atoms with Crippen molar-refractivity contribution in [3.63, 3.8) is 0 Å². The van der Waals surface area contributed by atoms with Gasteiger partial charge in [0.25, 0.3) is 10.0 Å². The topological polar surface area (TPSA) is 81.2 Å². The fourth-order valence-electron chi connectivity index (χ4n) is 2.22. The quantitative estimate of drug-likeness (QED) is 0.888. The molecule has 6 nitrogen and oxygen atoms in total. The Balaban J connectivity index is 2.23. The van der Waals surface area contributed by atoms with Gasteiger partial charge in [-0.05, 0) is 32.2 Å². The van der Waals surface area contributed by atoms with Gasteiger partial charge in [-0.25, -0.2) is 13.4 Å². The first-order chi connectivity index (χ1) is 8.78. The number of rotatable bonds is 4. The maximum Gasteiger partial charge on any atom is 0.262 e. The lowest BCUT2D eigenvalue weighted by atomic mass is 9.90. The standard InChI is InChI=1S/C12H22N4O2S/c1-10(2)15-6-11(14-9-15)19(17,18)16-5-4-12(3,7-13)8-16/h6,9-10H,4-5,7-8,13H2,1-3H3. The molecule has 0 saturated carbocycles. The van der Waals surface area contributed by atoms with Gasteiger partial charge in [0.2, 0.25) is 0 Å². The van der Waals surface area contributed by atoms with E-state index < -0.39 is 10.0 Å². The molecule has 0 spiro atoms. The van der Waals surface area contributed by atoms with Crippen LogP contribution in [0.2, 0.25) is 0 Å². The Hall–Kier alpha value is -0.920. The summed E-state index contributed by atoms with van der Waals surface area (Å²) in [6, 6.07) is 0.198. The van der Waals surface area contributed by atoms with Gasteiger partial charge in [0.05, 0.1) is 6.33 Å². The van der Waals surface area contributed by atoms with E-state index in [2.05, 4.69) is 4.98 Å². The molecule has 1 aromatic heterocycles. The average Bonchev–Trinajstić information content (AvgIpc) is 2.96. The first-order valence-corrected chi connectivity index (χ1v) is 7.96. The second-order valence-corrected chi connectivity index (χ2v) is 7.74. The number of imidazole rings is 1. The van der Waals surface area contributed by atoms with E-state index in [1.165, 1.54) is 4.31 Å². The van der Waals surface area contributed by atoms with Crippen LogP contribution in [0.3, 0.4) is 0 Å². The summed E-state index contributed by atoms with van der Waals surface area (Å²) in [5, 5.41) is 0.127. The molecule has 0 aliphatic carbocycles. The smallest absolute Gasteiger partial charge is 0.262 e. The molecule has 1 aliphatic heterocycles. The van der Waals surface area contributed by atoms with Gasteiger partial charge in [-0.1, -0.05) is 6.92 Å². The monoisotopic (exact) mass is 286 g/mol. The van der Waals surface area contributed by atoms with E-state index in [1.807, 2.05) is 20.8 Å². The van der Waals surface area contributed by atoms with Gasteiger partial charge in [-0.2, -0.15) is 4.31 Å². The number of hydrogen-bond acceptors (Lipinski definition) is 4. The lowest BCUT2D eigenvalue weighted by Crippen LogP contribution is -2.34. The number of nitrogens with zero attached hydrogens (tertiary/aromatic N) is 3. The molecular weight excluding hydrogens is 264 g/mol. The summed E-state index contributed by atoms with van der Waals surface area (Å²) < 4.78 is 28.3. The van der Waals surface area contributed by atoms with E-state index in [9.17, 15) is 8.42 Å². The van der Waals surface area contributed by atoms with Crippen molar-refractivity contribution in [1.29, 1.82) is 0 Å². The minimum atomic E-state index is -3.49. The minimum absolute atomic E-state index is 0.117. The minimum Gasteiger partial charge on any atom is -0.334 e. The Labute approximate surface area is 114 Å². The molecular formula is C12H22N4O2S. The van der Waals surface area contributed by atoms with E-state index in [0.717, 1.165) is 6.42 Å². The molecule has 0 bridgehead atoms. The van der Waals surface area contributed by atoms with Crippen molar-refractivity contribution in [3.05, 3.63) is 12.5 Å². The maximum atomic E-state index is 12.5. The molecule has 2 heterocycles. The summed E-state index contributed by atoms with van der Waals surface area (Å²) in [6.07, 6.45) is 3.96. The van der Waals surface area contributed by atoms with Gasteiger partial charge in [-0.3, -0.25) is 0 Å². The van der Waals surface area contributed by atoms with E-state index in [4.69, 9.17) is 5.73 Å². The Morgan fingerprint density at radius 2 is 2.21 bits per heavy atom. The summed E-state index contributed by atoms with van der Waals surface area (Å²) in [5.74, 6) is 0. The van der Waals surface area contributed by atoms with E-state index in [0.29, 0.717) is 19.6 Å². The highest BCUT2D eigenvalue weighted by Gasteiger charge is 2.39. The highest BCUT2D eigenvalue weighted by atomic mass is 32.2. The van der Waals surface area contributed by atoms with Gasteiger partial charge < -0.3 is 10.3 Å². The molecule has 1 aromatic rings. The van der Waals surface area contributed by atoms with E-state index in [1.54, 1.807) is 17.1 Å². The van der Waals surface area contributed by atoms with Crippen molar-refractivity contribution >= 4 is 10.0 Å². The molecule has 1 unspecified atom stereocenters. The van der Waals surface area contributed by atoms with Gasteiger partial charge in [-0.15, -0.1) is 0 Å². The third-order valence-corrected chi connectivity index (χ3v) is 5.52. The molecule has 2 rings (SSSR count). The second kappa shape index (κ2) is 4.88. The molecule has 19 heavy (non-hydrogen) atoms. The fourth-order valence-corrected chi connectivity index (χ4v) is 3.73. The number of sulfonamides is 1. The highest BCUT2D eigenvalue weighted by Crippen LogP contribution is 2.32. The summed E-state index contributed by atoms with van der Waals surface area (Å²) >= 11 is 0. The molecule has 1 fully saturated rings. The molecule has 1 atom stereocenters. The number of aromatic nitrogens is 2. The fraction of sp³-hybridized carbons (Fsp3) is 0.750. The molecule has 1 saturated heterocycles. The summed E-state index contributed by atoms with van der Waals surface area (Å²) in [6.45, 7) is 7.48. The molecule has 0 aromatic carbocycles. The molecule has 7 heteroatoms. The van der Waals surface area contributed by atoms with E-state index >= 15 is 0 Å². The Kier molecular flexibility index (Phi) is 3.72. The summed E-state index contributed by atoms with van der Waals surface area (Å²) in [4.78, 5) is 4.03. The van der Waals surface area contributed by atoms with Crippen LogP contribution in [0.25, 0.3) is 0 Å². The first-order valence-electron chi connectivity index (χ1n) is 6.52. The average molecular weight is 286 g/mol. The zero-order chi connectivity index (χ0) is 14.3. The van der Waals surface area contributed by atoms with Gasteiger partial charge in [0.1, 0.15) is 0 Å². The van der Waals surface area contributed by atoms with Crippen molar-refractivity contribution in [2.45, 2.75) is 38.3 Å². The van der Waals surface area contributed by atoms with Crippen molar-refractivity contribution in [3.8, 4) is 0 Å². The van der Waals surface area contributed by atoms with Gasteiger partial charge in [0, 0.05) is 25.3 Å².